The third kappa shape index (κ3) is 10.4. The highest BCUT2D eigenvalue weighted by Crippen LogP contribution is 2.32. The Bertz CT molecular complexity index is 599. The van der Waals surface area contributed by atoms with Gasteiger partial charge in [-0.05, 0) is 31.0 Å². The zero-order chi connectivity index (χ0) is 21.4. The molecule has 1 aromatic rings. The molecule has 0 fully saturated rings. The summed E-state index contributed by atoms with van der Waals surface area (Å²) in [5.74, 6) is 1.48. The number of carbonyl (C=O) groups is 1. The van der Waals surface area contributed by atoms with E-state index in [2.05, 4.69) is 6.92 Å². The average molecular weight is 419 g/mol. The van der Waals surface area contributed by atoms with Gasteiger partial charge in [-0.25, -0.2) is 0 Å². The molecule has 0 amide bonds. The quantitative estimate of drug-likeness (QED) is 0.196. The van der Waals surface area contributed by atoms with Crippen LogP contribution >= 0.6 is 0 Å². The molecule has 0 aliphatic carbocycles. The van der Waals surface area contributed by atoms with Crippen LogP contribution in [0.1, 0.15) is 109 Å². The Morgan fingerprint density at radius 3 is 2.07 bits per heavy atom. The van der Waals surface area contributed by atoms with Crippen LogP contribution in [0.5, 0.6) is 11.5 Å². The zero-order valence-corrected chi connectivity index (χ0v) is 19.3. The molecule has 0 N–H and O–H groups in total. The maximum absolute atomic E-state index is 12.1. The van der Waals surface area contributed by atoms with Gasteiger partial charge >= 0.3 is 5.97 Å². The first-order valence-electron chi connectivity index (χ1n) is 12.3. The molecule has 170 valence electrons. The molecule has 2 rings (SSSR count). The van der Waals surface area contributed by atoms with Gasteiger partial charge in [0.25, 0.3) is 0 Å². The lowest BCUT2D eigenvalue weighted by Crippen LogP contribution is -2.17. The third-order valence-electron chi connectivity index (χ3n) is 5.78. The van der Waals surface area contributed by atoms with Gasteiger partial charge in [-0.2, -0.15) is 0 Å². The van der Waals surface area contributed by atoms with E-state index in [0.29, 0.717) is 12.8 Å². The molecule has 0 radical (unpaired) electrons. The van der Waals surface area contributed by atoms with Crippen LogP contribution in [0, 0.1) is 0 Å². The first kappa shape index (κ1) is 24.6. The number of fused-ring (bicyclic) bond motifs is 1. The van der Waals surface area contributed by atoms with Gasteiger partial charge < -0.3 is 14.2 Å². The van der Waals surface area contributed by atoms with Crippen LogP contribution < -0.4 is 9.47 Å². The van der Waals surface area contributed by atoms with E-state index in [1.54, 1.807) is 0 Å². The molecule has 1 aliphatic rings. The molecular formula is C26H42O4. The Morgan fingerprint density at radius 1 is 0.867 bits per heavy atom. The van der Waals surface area contributed by atoms with E-state index in [-0.39, 0.29) is 18.9 Å². The number of hydrogen-bond donors (Lipinski definition) is 0. The number of ether oxygens (including phenoxy) is 3. The molecule has 30 heavy (non-hydrogen) atoms. The summed E-state index contributed by atoms with van der Waals surface area (Å²) < 4.78 is 16.3. The van der Waals surface area contributed by atoms with Crippen LogP contribution in [0.3, 0.4) is 0 Å². The van der Waals surface area contributed by atoms with Gasteiger partial charge in [0, 0.05) is 12.8 Å². The zero-order valence-electron chi connectivity index (χ0n) is 19.3. The molecule has 1 unspecified atom stereocenters. The molecule has 1 aromatic carbocycles. The molecule has 0 bridgehead atoms. The topological polar surface area (TPSA) is 44.8 Å². The average Bonchev–Trinajstić information content (AvgIpc) is 3.19. The van der Waals surface area contributed by atoms with Crippen LogP contribution in [-0.2, 0) is 16.0 Å². The van der Waals surface area contributed by atoms with Crippen LogP contribution in [0.2, 0.25) is 0 Å². The van der Waals surface area contributed by atoms with E-state index in [0.717, 1.165) is 29.9 Å². The summed E-state index contributed by atoms with van der Waals surface area (Å²) in [6, 6.07) is 5.89. The fraction of sp³-hybridized carbons (Fsp3) is 0.731. The summed E-state index contributed by atoms with van der Waals surface area (Å²) >= 11 is 0. The first-order chi connectivity index (χ1) is 14.7. The van der Waals surface area contributed by atoms with E-state index in [9.17, 15) is 4.79 Å². The Labute approximate surface area is 183 Å². The normalized spacial score (nSPS) is 13.4. The maximum atomic E-state index is 12.1. The van der Waals surface area contributed by atoms with Gasteiger partial charge in [0.05, 0.1) is 0 Å². The predicted molar refractivity (Wildman–Crippen MR) is 122 cm³/mol. The van der Waals surface area contributed by atoms with Crippen molar-refractivity contribution in [2.75, 3.05) is 6.79 Å². The summed E-state index contributed by atoms with van der Waals surface area (Å²) in [7, 11) is 0. The summed E-state index contributed by atoms with van der Waals surface area (Å²) in [6.45, 7) is 4.50. The van der Waals surface area contributed by atoms with E-state index < -0.39 is 0 Å². The van der Waals surface area contributed by atoms with Crippen molar-refractivity contribution < 1.29 is 19.0 Å². The molecule has 1 atom stereocenters. The number of carbonyl (C=O) groups excluding carboxylic acids is 1. The second-order valence-corrected chi connectivity index (χ2v) is 8.68. The predicted octanol–water partition coefficient (Wildman–Crippen LogP) is 7.37. The molecule has 4 heteroatoms. The van der Waals surface area contributed by atoms with Crippen molar-refractivity contribution in [3.05, 3.63) is 23.8 Å². The second-order valence-electron chi connectivity index (χ2n) is 8.68. The summed E-state index contributed by atoms with van der Waals surface area (Å²) in [5.41, 5.74) is 1.10. The summed E-state index contributed by atoms with van der Waals surface area (Å²) in [6.07, 6.45) is 18.2. The van der Waals surface area contributed by atoms with Crippen LogP contribution in [0.4, 0.5) is 0 Å². The molecule has 1 aliphatic heterocycles. The highest BCUT2D eigenvalue weighted by molar-refractivity contribution is 5.69. The van der Waals surface area contributed by atoms with Crippen LogP contribution in [0.25, 0.3) is 0 Å². The second kappa shape index (κ2) is 15.1. The lowest BCUT2D eigenvalue weighted by molar-refractivity contribution is -0.148. The number of benzene rings is 1. The molecule has 1 heterocycles. The first-order valence-corrected chi connectivity index (χ1v) is 12.3. The van der Waals surface area contributed by atoms with Crippen molar-refractivity contribution in [1.29, 1.82) is 0 Å². The highest BCUT2D eigenvalue weighted by atomic mass is 16.7. The maximum Gasteiger partial charge on any atom is 0.306 e. The molecular weight excluding hydrogens is 376 g/mol. The van der Waals surface area contributed by atoms with E-state index in [1.165, 1.54) is 70.6 Å². The highest BCUT2D eigenvalue weighted by Gasteiger charge is 2.15. The van der Waals surface area contributed by atoms with E-state index in [1.807, 2.05) is 25.1 Å². The Balaban J connectivity index is 1.41. The standard InChI is InChI=1S/C26H42O4/c1-3-4-5-6-7-8-9-10-11-12-13-14-15-16-26(27)30-22(2)19-23-17-18-24-25(20-23)29-21-28-24/h17-18,20,22H,3-16,19,21H2,1-2H3. The van der Waals surface area contributed by atoms with Crippen molar-refractivity contribution in [2.24, 2.45) is 0 Å². The minimum absolute atomic E-state index is 0.0775. The smallest absolute Gasteiger partial charge is 0.306 e. The van der Waals surface area contributed by atoms with E-state index >= 15 is 0 Å². The number of unbranched alkanes of at least 4 members (excludes halogenated alkanes) is 12. The van der Waals surface area contributed by atoms with Crippen molar-refractivity contribution in [3.8, 4) is 11.5 Å². The van der Waals surface area contributed by atoms with Crippen LogP contribution in [-0.4, -0.2) is 18.9 Å². The van der Waals surface area contributed by atoms with Crippen molar-refractivity contribution in [2.45, 2.75) is 116 Å². The van der Waals surface area contributed by atoms with Crippen molar-refractivity contribution >= 4 is 5.97 Å². The van der Waals surface area contributed by atoms with Gasteiger partial charge in [0.15, 0.2) is 11.5 Å². The molecule has 0 aromatic heterocycles. The fourth-order valence-electron chi connectivity index (χ4n) is 4.01. The number of rotatable bonds is 17. The van der Waals surface area contributed by atoms with Gasteiger partial charge in [-0.15, -0.1) is 0 Å². The molecule has 4 nitrogen and oxygen atoms in total. The largest absolute Gasteiger partial charge is 0.462 e. The van der Waals surface area contributed by atoms with Crippen molar-refractivity contribution in [1.82, 2.24) is 0 Å². The minimum atomic E-state index is -0.125. The SMILES string of the molecule is CCCCCCCCCCCCCCCC(=O)OC(C)Cc1ccc2c(c1)OCO2. The lowest BCUT2D eigenvalue weighted by atomic mass is 10.0. The number of esters is 1. The van der Waals surface area contributed by atoms with Crippen molar-refractivity contribution in [3.63, 3.8) is 0 Å². The summed E-state index contributed by atoms with van der Waals surface area (Å²) in [4.78, 5) is 12.1. The van der Waals surface area contributed by atoms with Gasteiger partial charge in [0.2, 0.25) is 6.79 Å². The lowest BCUT2D eigenvalue weighted by Gasteiger charge is -2.13. The monoisotopic (exact) mass is 418 g/mol. The van der Waals surface area contributed by atoms with Gasteiger partial charge in [-0.1, -0.05) is 90.0 Å². The van der Waals surface area contributed by atoms with Crippen LogP contribution in [0.15, 0.2) is 18.2 Å². The summed E-state index contributed by atoms with van der Waals surface area (Å²) in [5, 5.41) is 0. The Hall–Kier alpha value is -1.71. The van der Waals surface area contributed by atoms with E-state index in [4.69, 9.17) is 14.2 Å². The molecule has 0 saturated carbocycles. The Morgan fingerprint density at radius 2 is 1.43 bits per heavy atom. The Kier molecular flexibility index (Phi) is 12.4. The minimum Gasteiger partial charge on any atom is -0.462 e. The fourth-order valence-corrected chi connectivity index (χ4v) is 4.01. The third-order valence-corrected chi connectivity index (χ3v) is 5.78. The number of hydrogen-bond acceptors (Lipinski definition) is 4. The van der Waals surface area contributed by atoms with Gasteiger partial charge in [0.1, 0.15) is 6.10 Å². The molecule has 0 saturated heterocycles. The van der Waals surface area contributed by atoms with Gasteiger partial charge in [-0.3, -0.25) is 4.79 Å². The molecule has 0 spiro atoms.